The number of hydrogen-bond acceptors (Lipinski definition) is 6. The molecule has 1 aromatic heterocycles. The molecule has 11 heteroatoms. The summed E-state index contributed by atoms with van der Waals surface area (Å²) >= 11 is 11.7. The Bertz CT molecular complexity index is 1700. The van der Waals surface area contributed by atoms with E-state index >= 15 is 0 Å². The minimum absolute atomic E-state index is 0.209. The molecule has 2 aliphatic rings. The second-order valence-corrected chi connectivity index (χ2v) is 13.1. The minimum atomic E-state index is -0.760. The van der Waals surface area contributed by atoms with E-state index in [1.54, 1.807) is 36.4 Å². The molecule has 0 aliphatic carbocycles. The molecule has 7 nitrogen and oxygen atoms in total. The van der Waals surface area contributed by atoms with Crippen LogP contribution in [0.1, 0.15) is 21.9 Å². The number of hydrogen-bond donors (Lipinski definition) is 1. The third kappa shape index (κ3) is 4.83. The van der Waals surface area contributed by atoms with Crippen LogP contribution in [0.15, 0.2) is 87.1 Å². The van der Waals surface area contributed by atoms with Gasteiger partial charge in [-0.3, -0.25) is 23.7 Å². The molecule has 202 valence electrons. The molecule has 3 amide bonds. The summed E-state index contributed by atoms with van der Waals surface area (Å²) < 4.78 is 2.28. The van der Waals surface area contributed by atoms with E-state index in [2.05, 4.69) is 21.2 Å². The van der Waals surface area contributed by atoms with Gasteiger partial charge in [-0.05, 0) is 61.0 Å². The lowest BCUT2D eigenvalue weighted by Crippen LogP contribution is -2.33. The van der Waals surface area contributed by atoms with Crippen LogP contribution in [0.25, 0.3) is 0 Å². The molecule has 3 aromatic carbocycles. The van der Waals surface area contributed by atoms with Crippen LogP contribution in [-0.4, -0.2) is 27.5 Å². The van der Waals surface area contributed by atoms with Crippen molar-refractivity contribution in [1.82, 2.24) is 4.57 Å². The third-order valence-electron chi connectivity index (χ3n) is 7.00. The fourth-order valence-corrected chi connectivity index (χ4v) is 8.27. The van der Waals surface area contributed by atoms with Gasteiger partial charge in [-0.25, -0.2) is 4.90 Å². The molecule has 1 N–H and O–H groups in total. The smallest absolute Gasteiger partial charge is 0.308 e. The maximum absolute atomic E-state index is 13.9. The van der Waals surface area contributed by atoms with Crippen molar-refractivity contribution in [2.24, 2.45) is 5.92 Å². The number of imide groups is 1. The normalized spacial score (nSPS) is 19.9. The Labute approximate surface area is 251 Å². The average Bonchev–Trinajstić information content (AvgIpc) is 3.37. The van der Waals surface area contributed by atoms with E-state index in [1.165, 1.54) is 21.2 Å². The number of rotatable bonds is 5. The number of nitrogens with zero attached hydrogens (tertiary/aromatic N) is 2. The van der Waals surface area contributed by atoms with Gasteiger partial charge in [0.1, 0.15) is 11.8 Å². The Kier molecular flexibility index (Phi) is 7.20. The summed E-state index contributed by atoms with van der Waals surface area (Å²) in [7, 11) is 0. The van der Waals surface area contributed by atoms with Crippen LogP contribution in [0, 0.1) is 12.8 Å². The molecule has 2 aliphatic heterocycles. The fourth-order valence-electron chi connectivity index (χ4n) is 5.11. The van der Waals surface area contributed by atoms with Gasteiger partial charge in [0.15, 0.2) is 0 Å². The highest BCUT2D eigenvalue weighted by Gasteiger charge is 2.56. The van der Waals surface area contributed by atoms with E-state index in [-0.39, 0.29) is 29.1 Å². The highest BCUT2D eigenvalue weighted by molar-refractivity contribution is 9.10. The molecule has 6 rings (SSSR count). The Morgan fingerprint density at radius 2 is 1.62 bits per heavy atom. The van der Waals surface area contributed by atoms with Gasteiger partial charge in [0.2, 0.25) is 17.7 Å². The molecule has 40 heavy (non-hydrogen) atoms. The van der Waals surface area contributed by atoms with Gasteiger partial charge in [0, 0.05) is 26.0 Å². The van der Waals surface area contributed by atoms with E-state index in [0.717, 1.165) is 26.9 Å². The Morgan fingerprint density at radius 3 is 2.30 bits per heavy atom. The third-order valence-corrected chi connectivity index (χ3v) is 10.4. The van der Waals surface area contributed by atoms with E-state index in [9.17, 15) is 19.2 Å². The first-order valence-corrected chi connectivity index (χ1v) is 15.2. The molecule has 0 unspecified atom stereocenters. The SMILES string of the molecule is Cc1ccc(NC(=O)Cn2c3c(sc2=O)[C@@H](c2ccc(Br)cc2)[C@@H]2C(=O)N(c4ccc(Cl)cc4)C(=O)[C@@H]2S3)cc1. The first kappa shape index (κ1) is 27.0. The van der Waals surface area contributed by atoms with E-state index in [0.29, 0.717) is 26.3 Å². The minimum Gasteiger partial charge on any atom is -0.325 e. The summed E-state index contributed by atoms with van der Waals surface area (Å²) in [6, 6.07) is 21.5. The summed E-state index contributed by atoms with van der Waals surface area (Å²) in [6.45, 7) is 1.75. The number of thiazole rings is 1. The van der Waals surface area contributed by atoms with Crippen molar-refractivity contribution in [3.63, 3.8) is 0 Å². The Hall–Kier alpha value is -3.18. The van der Waals surface area contributed by atoms with Gasteiger partial charge in [-0.2, -0.15) is 0 Å². The van der Waals surface area contributed by atoms with Crippen molar-refractivity contribution in [2.75, 3.05) is 10.2 Å². The Morgan fingerprint density at radius 1 is 0.950 bits per heavy atom. The molecular formula is C29H21BrClN3O4S2. The van der Waals surface area contributed by atoms with Gasteiger partial charge in [-0.1, -0.05) is 80.5 Å². The first-order valence-electron chi connectivity index (χ1n) is 12.4. The number of halogens is 2. The molecule has 3 atom stereocenters. The largest absolute Gasteiger partial charge is 0.325 e. The number of amides is 3. The monoisotopic (exact) mass is 653 g/mol. The van der Waals surface area contributed by atoms with Crippen molar-refractivity contribution >= 4 is 79.7 Å². The van der Waals surface area contributed by atoms with Crippen LogP contribution in [0.4, 0.5) is 11.4 Å². The number of aromatic nitrogens is 1. The average molecular weight is 655 g/mol. The molecule has 0 bridgehead atoms. The summed E-state index contributed by atoms with van der Waals surface area (Å²) in [4.78, 5) is 55.5. The molecule has 0 spiro atoms. The van der Waals surface area contributed by atoms with Crippen LogP contribution in [0.3, 0.4) is 0 Å². The summed E-state index contributed by atoms with van der Waals surface area (Å²) in [5, 5.41) is 3.12. The van der Waals surface area contributed by atoms with E-state index in [1.807, 2.05) is 43.3 Å². The highest BCUT2D eigenvalue weighted by atomic mass is 79.9. The summed E-state index contributed by atoms with van der Waals surface area (Å²) in [6.07, 6.45) is 0. The van der Waals surface area contributed by atoms with Gasteiger partial charge in [0.25, 0.3) is 0 Å². The molecule has 1 fully saturated rings. The highest BCUT2D eigenvalue weighted by Crippen LogP contribution is 2.54. The van der Waals surface area contributed by atoms with Crippen molar-refractivity contribution < 1.29 is 14.4 Å². The number of fused-ring (bicyclic) bond motifs is 2. The van der Waals surface area contributed by atoms with Gasteiger partial charge in [-0.15, -0.1) is 0 Å². The van der Waals surface area contributed by atoms with Crippen LogP contribution in [-0.2, 0) is 20.9 Å². The molecule has 0 saturated carbocycles. The number of benzene rings is 3. The van der Waals surface area contributed by atoms with Gasteiger partial charge in [0.05, 0.1) is 16.6 Å². The molecule has 1 saturated heterocycles. The van der Waals surface area contributed by atoms with Crippen molar-refractivity contribution in [3.8, 4) is 0 Å². The van der Waals surface area contributed by atoms with Crippen molar-refractivity contribution in [3.05, 3.63) is 108 Å². The standard InChI is InChI=1S/C29H21BrClN3O4S2/c1-15-2-10-19(11-3-15)32-21(35)14-33-28-25(40-29(33)38)22(16-4-6-17(30)7-5-16)23-24(39-28)27(37)34(26(23)36)20-12-8-18(31)9-13-20/h2-13,22-24H,14H2,1H3,(H,32,35)/t22-,23-,24+/m0/s1. The predicted molar refractivity (Wildman–Crippen MR) is 161 cm³/mol. The zero-order valence-corrected chi connectivity index (χ0v) is 24.9. The lowest BCUT2D eigenvalue weighted by molar-refractivity contribution is -0.122. The maximum atomic E-state index is 13.9. The maximum Gasteiger partial charge on any atom is 0.308 e. The van der Waals surface area contributed by atoms with E-state index in [4.69, 9.17) is 11.6 Å². The number of thioether (sulfide) groups is 1. The zero-order valence-electron chi connectivity index (χ0n) is 21.0. The predicted octanol–water partition coefficient (Wildman–Crippen LogP) is 6.07. The van der Waals surface area contributed by atoms with Gasteiger partial charge < -0.3 is 5.32 Å². The Balaban J connectivity index is 1.40. The lowest BCUT2D eigenvalue weighted by Gasteiger charge is -2.30. The second-order valence-electron chi connectivity index (χ2n) is 9.62. The van der Waals surface area contributed by atoms with Crippen LogP contribution < -0.4 is 15.1 Å². The molecule has 0 radical (unpaired) electrons. The molecule has 3 heterocycles. The van der Waals surface area contributed by atoms with Crippen molar-refractivity contribution in [2.45, 2.75) is 29.7 Å². The number of aryl methyl sites for hydroxylation is 1. The number of anilines is 2. The molecule has 4 aromatic rings. The second kappa shape index (κ2) is 10.7. The fraction of sp³-hybridized carbons (Fsp3) is 0.172. The van der Waals surface area contributed by atoms with Crippen molar-refractivity contribution in [1.29, 1.82) is 0 Å². The van der Waals surface area contributed by atoms with Crippen LogP contribution in [0.2, 0.25) is 5.02 Å². The summed E-state index contributed by atoms with van der Waals surface area (Å²) in [5.41, 5.74) is 2.95. The zero-order chi connectivity index (χ0) is 28.1. The van der Waals surface area contributed by atoms with Crippen LogP contribution >= 0.6 is 50.6 Å². The number of carbonyl (C=O) groups is 3. The van der Waals surface area contributed by atoms with E-state index < -0.39 is 17.1 Å². The van der Waals surface area contributed by atoms with Crippen LogP contribution in [0.5, 0.6) is 0 Å². The summed E-state index contributed by atoms with van der Waals surface area (Å²) in [5.74, 6) is -2.28. The quantitative estimate of drug-likeness (QED) is 0.264. The first-order chi connectivity index (χ1) is 19.2. The number of carbonyl (C=O) groups excluding carboxylic acids is 3. The lowest BCUT2D eigenvalue weighted by atomic mass is 9.83. The molecular weight excluding hydrogens is 634 g/mol. The van der Waals surface area contributed by atoms with Gasteiger partial charge >= 0.3 is 4.87 Å². The topological polar surface area (TPSA) is 88.5 Å². The number of nitrogens with one attached hydrogen (secondary N) is 1.